The second-order valence-electron chi connectivity index (χ2n) is 4.47. The number of fused-ring (bicyclic) bond motifs is 1. The van der Waals surface area contributed by atoms with Crippen LogP contribution in [0.4, 0.5) is 4.79 Å². The highest BCUT2D eigenvalue weighted by Gasteiger charge is 2.41. The van der Waals surface area contributed by atoms with Crippen molar-refractivity contribution < 1.29 is 9.53 Å². The highest BCUT2D eigenvalue weighted by Crippen LogP contribution is 2.30. The van der Waals surface area contributed by atoms with Gasteiger partial charge in [-0.3, -0.25) is 4.90 Å². The van der Waals surface area contributed by atoms with E-state index in [9.17, 15) is 4.79 Å². The first-order chi connectivity index (χ1) is 5.88. The smallest absolute Gasteiger partial charge is 0.405 e. The van der Waals surface area contributed by atoms with Gasteiger partial charge in [-0.15, -0.1) is 0 Å². The van der Waals surface area contributed by atoms with E-state index >= 15 is 0 Å². The zero-order valence-electron chi connectivity index (χ0n) is 8.54. The van der Waals surface area contributed by atoms with E-state index in [1.165, 1.54) is 19.5 Å². The Labute approximate surface area is 79.0 Å². The minimum Gasteiger partial charge on any atom is -0.444 e. The average Bonchev–Trinajstić information content (AvgIpc) is 2.32. The van der Waals surface area contributed by atoms with E-state index in [1.807, 2.05) is 0 Å². The van der Waals surface area contributed by atoms with Gasteiger partial charge in [0.25, 0.3) is 0 Å². The summed E-state index contributed by atoms with van der Waals surface area (Å²) in [5, 5.41) is 0. The van der Waals surface area contributed by atoms with Crippen LogP contribution in [-0.4, -0.2) is 35.7 Å². The molecule has 2 atom stereocenters. The largest absolute Gasteiger partial charge is 0.444 e. The van der Waals surface area contributed by atoms with Crippen LogP contribution in [0.5, 0.6) is 0 Å². The molecule has 2 aliphatic rings. The summed E-state index contributed by atoms with van der Waals surface area (Å²) in [5.74, 6) is 0. The minimum atomic E-state index is -0.725. The molecule has 76 valence electrons. The third-order valence-corrected chi connectivity index (χ3v) is 1.98. The molecule has 0 spiro atoms. The minimum absolute atomic E-state index is 0.453. The molecule has 1 amide bonds. The van der Waals surface area contributed by atoms with Crippen LogP contribution in [0, 0.1) is 0 Å². The van der Waals surface area contributed by atoms with Crippen molar-refractivity contribution in [2.24, 2.45) is 5.73 Å². The molecule has 2 N–H and O–H groups in total. The van der Waals surface area contributed by atoms with Gasteiger partial charge in [0.05, 0.1) is 0 Å². The molecule has 0 aromatic rings. The van der Waals surface area contributed by atoms with E-state index in [0.29, 0.717) is 0 Å². The lowest BCUT2D eigenvalue weighted by atomic mass is 10.2. The number of hydrogen-bond donors (Lipinski definition) is 1. The first-order valence-corrected chi connectivity index (χ1v) is 4.61. The number of primary amides is 1. The highest BCUT2D eigenvalue weighted by molar-refractivity contribution is 5.65. The predicted octanol–water partition coefficient (Wildman–Crippen LogP) is 0.955. The van der Waals surface area contributed by atoms with Gasteiger partial charge in [-0.1, -0.05) is 0 Å². The van der Waals surface area contributed by atoms with Crippen LogP contribution >= 0.6 is 0 Å². The molecule has 13 heavy (non-hydrogen) atoms. The number of carbonyl (C=O) groups is 1. The van der Waals surface area contributed by atoms with Crippen LogP contribution in [0.2, 0.25) is 0 Å². The molecule has 0 aliphatic carbocycles. The van der Waals surface area contributed by atoms with Crippen LogP contribution in [0.25, 0.3) is 0 Å². The normalized spacial score (nSPS) is 28.8. The van der Waals surface area contributed by atoms with Crippen LogP contribution in [0.1, 0.15) is 27.2 Å². The van der Waals surface area contributed by atoms with Crippen molar-refractivity contribution in [1.29, 1.82) is 0 Å². The van der Waals surface area contributed by atoms with Crippen molar-refractivity contribution >= 4 is 6.09 Å². The second kappa shape index (κ2) is 3.54. The van der Waals surface area contributed by atoms with Crippen molar-refractivity contribution in [3.63, 3.8) is 0 Å². The zero-order valence-corrected chi connectivity index (χ0v) is 8.54. The van der Waals surface area contributed by atoms with Gasteiger partial charge in [-0.2, -0.15) is 0 Å². The fourth-order valence-corrected chi connectivity index (χ4v) is 1.20. The Hall–Kier alpha value is -0.770. The van der Waals surface area contributed by atoms with Gasteiger partial charge < -0.3 is 10.5 Å². The fourth-order valence-electron chi connectivity index (χ4n) is 1.20. The Morgan fingerprint density at radius 3 is 2.08 bits per heavy atom. The van der Waals surface area contributed by atoms with Crippen LogP contribution in [0.3, 0.4) is 0 Å². The lowest BCUT2D eigenvalue weighted by Crippen LogP contribution is -2.27. The number of nitrogens with two attached hydrogens (primary N) is 1. The summed E-state index contributed by atoms with van der Waals surface area (Å²) in [7, 11) is 0. The maximum Gasteiger partial charge on any atom is 0.405 e. The average molecular weight is 186 g/mol. The number of carbonyl (C=O) groups excluding carboxylic acids is 1. The van der Waals surface area contributed by atoms with Crippen molar-refractivity contribution in [3.05, 3.63) is 0 Å². The summed E-state index contributed by atoms with van der Waals surface area (Å²) in [6.45, 7) is 8.10. The van der Waals surface area contributed by atoms with Crippen molar-refractivity contribution in [2.75, 3.05) is 13.1 Å². The molecule has 0 aromatic heterocycles. The molecule has 0 bridgehead atoms. The molecule has 0 saturated carbocycles. The third-order valence-electron chi connectivity index (χ3n) is 1.98. The quantitative estimate of drug-likeness (QED) is 0.573. The lowest BCUT2D eigenvalue weighted by Gasteiger charge is -2.16. The molecule has 2 fully saturated rings. The molecular formula is C9H18N2O2. The van der Waals surface area contributed by atoms with E-state index in [1.54, 1.807) is 20.8 Å². The molecule has 0 aromatic carbocycles. The van der Waals surface area contributed by atoms with E-state index in [-0.39, 0.29) is 0 Å². The van der Waals surface area contributed by atoms with E-state index in [0.717, 1.165) is 6.04 Å². The van der Waals surface area contributed by atoms with E-state index in [2.05, 4.69) is 9.64 Å². The van der Waals surface area contributed by atoms with Crippen molar-refractivity contribution in [1.82, 2.24) is 4.90 Å². The number of ether oxygens (including phenoxy) is 1. The standard InChI is InChI=1S/C5H11NO2.C4H7N/c1-5(2,3)8-4(6)7;1-2-5-3-4(1)5/h1-3H3,(H2,6,7);4H,1-3H2. The van der Waals surface area contributed by atoms with Gasteiger partial charge >= 0.3 is 6.09 Å². The molecule has 4 nitrogen and oxygen atoms in total. The number of nitrogens with zero attached hydrogens (tertiary/aromatic N) is 1. The number of hydrogen-bond acceptors (Lipinski definition) is 3. The molecule has 2 unspecified atom stereocenters. The Bertz CT molecular complexity index is 186. The van der Waals surface area contributed by atoms with Gasteiger partial charge in [-0.25, -0.2) is 4.79 Å². The number of amides is 1. The maximum atomic E-state index is 10.0. The summed E-state index contributed by atoms with van der Waals surface area (Å²) in [6.07, 6.45) is 0.762. The SMILES string of the molecule is C1CN2CC12.CC(C)(C)OC(N)=O. The van der Waals surface area contributed by atoms with Crippen LogP contribution in [0.15, 0.2) is 0 Å². The van der Waals surface area contributed by atoms with E-state index in [4.69, 9.17) is 5.73 Å². The third kappa shape index (κ3) is 4.12. The molecule has 2 saturated heterocycles. The van der Waals surface area contributed by atoms with Crippen molar-refractivity contribution in [3.8, 4) is 0 Å². The highest BCUT2D eigenvalue weighted by atomic mass is 16.6. The van der Waals surface area contributed by atoms with Crippen LogP contribution in [-0.2, 0) is 4.74 Å². The van der Waals surface area contributed by atoms with E-state index < -0.39 is 11.7 Å². The molecule has 4 heteroatoms. The topological polar surface area (TPSA) is 55.3 Å². The summed E-state index contributed by atoms with van der Waals surface area (Å²) >= 11 is 0. The molecule has 0 radical (unpaired) electrons. The predicted molar refractivity (Wildman–Crippen MR) is 50.4 cm³/mol. The zero-order chi connectivity index (χ0) is 10.1. The van der Waals surface area contributed by atoms with Gasteiger partial charge in [0.15, 0.2) is 0 Å². The summed E-state index contributed by atoms with van der Waals surface area (Å²) in [4.78, 5) is 12.5. The second-order valence-corrected chi connectivity index (χ2v) is 4.47. The maximum absolute atomic E-state index is 10.0. The molecule has 2 aliphatic heterocycles. The lowest BCUT2D eigenvalue weighted by molar-refractivity contribution is 0.0600. The summed E-state index contributed by atoms with van der Waals surface area (Å²) < 4.78 is 4.58. The first-order valence-electron chi connectivity index (χ1n) is 4.61. The van der Waals surface area contributed by atoms with Gasteiger partial charge in [0, 0.05) is 19.1 Å². The van der Waals surface area contributed by atoms with Gasteiger partial charge in [-0.05, 0) is 27.2 Å². The molecule has 2 rings (SSSR count). The van der Waals surface area contributed by atoms with Crippen LogP contribution < -0.4 is 5.73 Å². The fraction of sp³-hybridized carbons (Fsp3) is 0.889. The first kappa shape index (κ1) is 10.3. The Morgan fingerprint density at radius 1 is 1.54 bits per heavy atom. The monoisotopic (exact) mass is 186 g/mol. The Morgan fingerprint density at radius 2 is 2.08 bits per heavy atom. The Balaban J connectivity index is 0.000000140. The van der Waals surface area contributed by atoms with Gasteiger partial charge in [0.1, 0.15) is 5.60 Å². The molecular weight excluding hydrogens is 168 g/mol. The van der Waals surface area contributed by atoms with Gasteiger partial charge in [0.2, 0.25) is 0 Å². The Kier molecular flexibility index (Phi) is 2.81. The number of rotatable bonds is 0. The van der Waals surface area contributed by atoms with Crippen molar-refractivity contribution in [2.45, 2.75) is 38.8 Å². The summed E-state index contributed by atoms with van der Waals surface area (Å²) in [5.41, 5.74) is 4.26. The summed E-state index contributed by atoms with van der Waals surface area (Å²) in [6, 6.07) is 1.06. The molecule has 2 heterocycles.